The number of carbonyl (C=O) groups is 1. The van der Waals surface area contributed by atoms with Crippen molar-refractivity contribution >= 4 is 23.2 Å². The number of para-hydroxylation sites is 1. The van der Waals surface area contributed by atoms with Crippen LogP contribution in [0.4, 0.5) is 11.5 Å². The van der Waals surface area contributed by atoms with Gasteiger partial charge in [-0.15, -0.1) is 0 Å². The molecule has 0 radical (unpaired) electrons. The van der Waals surface area contributed by atoms with Crippen LogP contribution < -0.4 is 5.01 Å². The molecule has 1 aromatic heterocycles. The summed E-state index contributed by atoms with van der Waals surface area (Å²) in [6.45, 7) is 2.57. The summed E-state index contributed by atoms with van der Waals surface area (Å²) in [4.78, 5) is 16.3. The summed E-state index contributed by atoms with van der Waals surface area (Å²) in [5, 5.41) is 7.02. The van der Waals surface area contributed by atoms with Crippen LogP contribution in [0.25, 0.3) is 11.1 Å². The van der Waals surface area contributed by atoms with Crippen molar-refractivity contribution in [2.24, 2.45) is 5.10 Å². The molecule has 170 valence electrons. The van der Waals surface area contributed by atoms with Gasteiger partial charge in [0.15, 0.2) is 0 Å². The lowest BCUT2D eigenvalue weighted by Gasteiger charge is -2.19. The second-order valence-corrected chi connectivity index (χ2v) is 8.27. The predicted molar refractivity (Wildman–Crippen MR) is 137 cm³/mol. The van der Waals surface area contributed by atoms with Crippen molar-refractivity contribution in [3.63, 3.8) is 0 Å². The molecule has 0 spiro atoms. The number of unbranched alkanes of at least 4 members (excludes halogenated alkanes) is 2. The van der Waals surface area contributed by atoms with E-state index in [-0.39, 0.29) is 5.97 Å². The van der Waals surface area contributed by atoms with E-state index in [4.69, 9.17) is 9.84 Å². The fourth-order valence-electron chi connectivity index (χ4n) is 4.34. The number of ether oxygens (including phenoxy) is 1. The van der Waals surface area contributed by atoms with Crippen LogP contribution in [0.1, 0.15) is 47.7 Å². The van der Waals surface area contributed by atoms with Crippen LogP contribution in [-0.2, 0) is 4.74 Å². The van der Waals surface area contributed by atoms with E-state index >= 15 is 0 Å². The third-order valence-electron chi connectivity index (χ3n) is 5.98. The maximum absolute atomic E-state index is 13.0. The summed E-state index contributed by atoms with van der Waals surface area (Å²) in [6, 6.07) is 27.9. The van der Waals surface area contributed by atoms with Crippen LogP contribution in [0.5, 0.6) is 0 Å². The van der Waals surface area contributed by atoms with Gasteiger partial charge in [0, 0.05) is 22.9 Å². The van der Waals surface area contributed by atoms with Gasteiger partial charge in [-0.05, 0) is 42.3 Å². The van der Waals surface area contributed by atoms with Crippen LogP contribution in [0, 0.1) is 0 Å². The van der Waals surface area contributed by atoms with Crippen molar-refractivity contribution in [1.29, 1.82) is 0 Å². The quantitative estimate of drug-likeness (QED) is 0.159. The smallest absolute Gasteiger partial charge is 0.338 e. The molecule has 1 N–H and O–H groups in total. The first kappa shape index (κ1) is 21.7. The molecule has 5 nitrogen and oxygen atoms in total. The SMILES string of the molecule is CCCCCOC(=O)c1cccc2c1-c1ccccc1C2=NN(c1ccccc1)c1ccc[nH]1. The number of aromatic amines is 1. The van der Waals surface area contributed by atoms with Crippen LogP contribution in [0.2, 0.25) is 0 Å². The van der Waals surface area contributed by atoms with Gasteiger partial charge in [-0.3, -0.25) is 0 Å². The first-order valence-corrected chi connectivity index (χ1v) is 11.8. The van der Waals surface area contributed by atoms with Crippen LogP contribution >= 0.6 is 0 Å². The highest BCUT2D eigenvalue weighted by Crippen LogP contribution is 2.40. The molecular weight excluding hydrogens is 422 g/mol. The fraction of sp³-hybridized carbons (Fsp3) is 0.172. The van der Waals surface area contributed by atoms with E-state index in [1.807, 2.05) is 90.1 Å². The summed E-state index contributed by atoms with van der Waals surface area (Å²) in [6.07, 6.45) is 4.90. The number of nitrogens with one attached hydrogen (secondary N) is 1. The molecule has 1 heterocycles. The third-order valence-corrected chi connectivity index (χ3v) is 5.98. The summed E-state index contributed by atoms with van der Waals surface area (Å²) >= 11 is 0. The molecule has 5 heteroatoms. The summed E-state index contributed by atoms with van der Waals surface area (Å²) in [5.41, 5.74) is 6.15. The average molecular weight is 450 g/mol. The van der Waals surface area contributed by atoms with Crippen LogP contribution in [0.15, 0.2) is 96.2 Å². The number of esters is 1. The van der Waals surface area contributed by atoms with Crippen molar-refractivity contribution in [2.75, 3.05) is 11.6 Å². The van der Waals surface area contributed by atoms with E-state index in [1.165, 1.54) is 0 Å². The maximum atomic E-state index is 13.0. The van der Waals surface area contributed by atoms with Gasteiger partial charge in [0.2, 0.25) is 0 Å². The molecule has 1 aliphatic carbocycles. The van der Waals surface area contributed by atoms with E-state index < -0.39 is 0 Å². The van der Waals surface area contributed by atoms with Gasteiger partial charge in [0.1, 0.15) is 5.82 Å². The Bertz CT molecular complexity index is 1310. The van der Waals surface area contributed by atoms with Crippen LogP contribution in [0.3, 0.4) is 0 Å². The largest absolute Gasteiger partial charge is 0.462 e. The van der Waals surface area contributed by atoms with Gasteiger partial charge in [-0.2, -0.15) is 5.10 Å². The first-order valence-electron chi connectivity index (χ1n) is 11.8. The highest BCUT2D eigenvalue weighted by Gasteiger charge is 2.30. The molecule has 0 saturated heterocycles. The number of hydrogen-bond donors (Lipinski definition) is 1. The Kier molecular flexibility index (Phi) is 6.25. The van der Waals surface area contributed by atoms with Gasteiger partial charge >= 0.3 is 5.97 Å². The highest BCUT2D eigenvalue weighted by molar-refractivity contribution is 6.27. The van der Waals surface area contributed by atoms with Gasteiger partial charge in [-0.25, -0.2) is 9.80 Å². The lowest BCUT2D eigenvalue weighted by molar-refractivity contribution is 0.0499. The normalized spacial score (nSPS) is 12.9. The molecule has 1 aliphatic rings. The van der Waals surface area contributed by atoms with Gasteiger partial charge < -0.3 is 9.72 Å². The zero-order chi connectivity index (χ0) is 23.3. The van der Waals surface area contributed by atoms with Gasteiger partial charge in [0.05, 0.1) is 23.6 Å². The van der Waals surface area contributed by atoms with E-state index in [0.29, 0.717) is 12.2 Å². The molecule has 0 aliphatic heterocycles. The maximum Gasteiger partial charge on any atom is 0.338 e. The zero-order valence-electron chi connectivity index (χ0n) is 19.2. The number of aromatic nitrogens is 1. The molecule has 0 amide bonds. The monoisotopic (exact) mass is 449 g/mol. The molecule has 34 heavy (non-hydrogen) atoms. The van der Waals surface area contributed by atoms with Crippen LogP contribution in [-0.4, -0.2) is 23.3 Å². The Balaban J connectivity index is 1.61. The first-order chi connectivity index (χ1) is 16.8. The third kappa shape index (κ3) is 4.13. The molecule has 0 saturated carbocycles. The second-order valence-electron chi connectivity index (χ2n) is 8.27. The molecule has 0 atom stereocenters. The number of anilines is 2. The average Bonchev–Trinajstić information content (AvgIpc) is 3.52. The van der Waals surface area contributed by atoms with Crippen molar-refractivity contribution in [3.8, 4) is 11.1 Å². The van der Waals surface area contributed by atoms with E-state index in [0.717, 1.165) is 58.7 Å². The predicted octanol–water partition coefficient (Wildman–Crippen LogP) is 6.93. The molecule has 0 bridgehead atoms. The van der Waals surface area contributed by atoms with E-state index in [2.05, 4.69) is 18.0 Å². The minimum atomic E-state index is -0.284. The summed E-state index contributed by atoms with van der Waals surface area (Å²) < 4.78 is 5.62. The number of hydrazone groups is 1. The Morgan fingerprint density at radius 2 is 1.62 bits per heavy atom. The Morgan fingerprint density at radius 1 is 0.853 bits per heavy atom. The molecular formula is C29H27N3O2. The number of hydrogen-bond acceptors (Lipinski definition) is 4. The number of carbonyl (C=O) groups excluding carboxylic acids is 1. The second kappa shape index (κ2) is 9.79. The number of benzene rings is 3. The fourth-order valence-corrected chi connectivity index (χ4v) is 4.34. The molecule has 5 rings (SSSR count). The number of H-pyrrole nitrogens is 1. The highest BCUT2D eigenvalue weighted by atomic mass is 16.5. The van der Waals surface area contributed by atoms with E-state index in [1.54, 1.807) is 0 Å². The number of fused-ring (bicyclic) bond motifs is 3. The number of nitrogens with zero attached hydrogens (tertiary/aromatic N) is 2. The minimum absolute atomic E-state index is 0.284. The standard InChI is InChI=1S/C29H27N3O2/c1-2-3-9-20-34-29(33)25-17-10-16-24-27(25)22-14-7-8-15-23(22)28(24)31-32(26-18-11-19-30-26)21-12-5-4-6-13-21/h4-8,10-19,30H,2-3,9,20H2,1H3. The summed E-state index contributed by atoms with van der Waals surface area (Å²) in [7, 11) is 0. The van der Waals surface area contributed by atoms with Gasteiger partial charge in [-0.1, -0.05) is 74.4 Å². The van der Waals surface area contributed by atoms with Crippen molar-refractivity contribution in [2.45, 2.75) is 26.2 Å². The Hall–Kier alpha value is -4.12. The lowest BCUT2D eigenvalue weighted by atomic mass is 9.99. The zero-order valence-corrected chi connectivity index (χ0v) is 19.2. The molecule has 0 unspecified atom stereocenters. The number of rotatable bonds is 8. The van der Waals surface area contributed by atoms with Crippen molar-refractivity contribution < 1.29 is 9.53 Å². The molecule has 4 aromatic rings. The topological polar surface area (TPSA) is 57.7 Å². The van der Waals surface area contributed by atoms with Crippen molar-refractivity contribution in [1.82, 2.24) is 4.98 Å². The Morgan fingerprint density at radius 3 is 2.38 bits per heavy atom. The molecule has 0 fully saturated rings. The minimum Gasteiger partial charge on any atom is -0.462 e. The van der Waals surface area contributed by atoms with E-state index in [9.17, 15) is 4.79 Å². The van der Waals surface area contributed by atoms with Crippen molar-refractivity contribution in [3.05, 3.63) is 108 Å². The summed E-state index contributed by atoms with van der Waals surface area (Å²) in [5.74, 6) is 0.574. The Labute approximate surface area is 199 Å². The lowest BCUT2D eigenvalue weighted by Crippen LogP contribution is -2.14. The van der Waals surface area contributed by atoms with Gasteiger partial charge in [0.25, 0.3) is 0 Å². The molecule has 3 aromatic carbocycles.